The van der Waals surface area contributed by atoms with Crippen molar-refractivity contribution in [2.24, 2.45) is 0 Å². The summed E-state index contributed by atoms with van der Waals surface area (Å²) in [6, 6.07) is 6.10. The van der Waals surface area contributed by atoms with E-state index in [4.69, 9.17) is 4.74 Å². The Morgan fingerprint density at radius 2 is 2.14 bits per heavy atom. The van der Waals surface area contributed by atoms with Crippen molar-refractivity contribution in [1.29, 1.82) is 0 Å². The van der Waals surface area contributed by atoms with Gasteiger partial charge in [-0.1, -0.05) is 26.0 Å². The van der Waals surface area contributed by atoms with E-state index in [1.807, 2.05) is 12.1 Å². The maximum atomic E-state index is 11.7. The average molecular weight is 376 g/mol. The van der Waals surface area contributed by atoms with Crippen molar-refractivity contribution in [2.75, 3.05) is 11.4 Å². The molecule has 142 valence electrons. The molecule has 0 saturated carbocycles. The summed E-state index contributed by atoms with van der Waals surface area (Å²) in [7, 11) is 0. The number of hydrogen-bond donors (Lipinski definition) is 1. The van der Waals surface area contributed by atoms with E-state index in [0.29, 0.717) is 5.76 Å². The van der Waals surface area contributed by atoms with E-state index in [0.717, 1.165) is 29.7 Å². The van der Waals surface area contributed by atoms with E-state index >= 15 is 0 Å². The summed E-state index contributed by atoms with van der Waals surface area (Å²) in [5, 5.41) is 9.27. The van der Waals surface area contributed by atoms with Crippen molar-refractivity contribution >= 4 is 17.4 Å². The van der Waals surface area contributed by atoms with Crippen LogP contribution in [0.1, 0.15) is 31.4 Å². The van der Waals surface area contributed by atoms with Crippen LogP contribution in [0.15, 0.2) is 65.1 Å². The van der Waals surface area contributed by atoms with E-state index in [9.17, 15) is 14.7 Å². The van der Waals surface area contributed by atoms with Crippen molar-refractivity contribution in [3.8, 4) is 0 Å². The molecule has 1 aromatic rings. The van der Waals surface area contributed by atoms with Crippen molar-refractivity contribution in [3.05, 3.63) is 76.2 Å². The number of allylic oxidation sites excluding steroid dienone is 4. The van der Waals surface area contributed by atoms with E-state index < -0.39 is 5.97 Å². The first-order chi connectivity index (χ1) is 13.3. The number of carbonyl (C=O) groups is 1. The highest BCUT2D eigenvalue weighted by Gasteiger charge is 2.46. The molecule has 0 fully saturated rings. The molecule has 5 rings (SSSR count). The molecular weight excluding hydrogens is 354 g/mol. The Morgan fingerprint density at radius 3 is 2.93 bits per heavy atom. The lowest BCUT2D eigenvalue weighted by molar-refractivity contribution is -0.110. The monoisotopic (exact) mass is 376 g/mol. The van der Waals surface area contributed by atoms with Crippen LogP contribution in [0.2, 0.25) is 0 Å². The zero-order valence-corrected chi connectivity index (χ0v) is 15.9. The molecule has 1 aliphatic carbocycles. The molecule has 28 heavy (non-hydrogen) atoms. The van der Waals surface area contributed by atoms with Crippen LogP contribution in [0.25, 0.3) is 0 Å². The number of anilines is 1. The van der Waals surface area contributed by atoms with Crippen LogP contribution in [0, 0.1) is 0 Å². The predicted octanol–water partition coefficient (Wildman–Crippen LogP) is 3.39. The van der Waals surface area contributed by atoms with Crippen molar-refractivity contribution in [1.82, 2.24) is 0 Å². The number of nitrogens with zero attached hydrogens (tertiary/aromatic N) is 1. The van der Waals surface area contributed by atoms with Gasteiger partial charge in [-0.25, -0.2) is 0 Å². The fraction of sp³-hybridized carbons (Fsp3) is 0.304. The maximum Gasteiger partial charge on any atom is 0.485 e. The highest BCUT2D eigenvalue weighted by Crippen LogP contribution is 2.53. The first kappa shape index (κ1) is 17.0. The minimum atomic E-state index is -0.570. The minimum Gasteiger partial charge on any atom is -0.485 e. The summed E-state index contributed by atoms with van der Waals surface area (Å²) in [6.45, 7) is 5.25. The quantitative estimate of drug-likeness (QED) is 0.803. The minimum absolute atomic E-state index is 0.0363. The normalized spacial score (nSPS) is 23.9. The van der Waals surface area contributed by atoms with Gasteiger partial charge in [0.25, 0.3) is 0 Å². The molecule has 1 aromatic carbocycles. The molecule has 0 saturated heterocycles. The van der Waals surface area contributed by atoms with Gasteiger partial charge in [0.15, 0.2) is 5.78 Å². The van der Waals surface area contributed by atoms with Crippen LogP contribution >= 0.6 is 0 Å². The molecule has 4 aliphatic rings. The maximum absolute atomic E-state index is 11.7. The molecule has 0 aromatic heterocycles. The van der Waals surface area contributed by atoms with Crippen LogP contribution in [0.4, 0.5) is 5.69 Å². The molecule has 1 unspecified atom stereocenters. The zero-order valence-electron chi connectivity index (χ0n) is 15.9. The van der Waals surface area contributed by atoms with Crippen LogP contribution in [0.5, 0.6) is 0 Å². The summed E-state index contributed by atoms with van der Waals surface area (Å²) >= 11 is 0. The van der Waals surface area contributed by atoms with Crippen molar-refractivity contribution in [2.45, 2.75) is 38.2 Å². The van der Waals surface area contributed by atoms with E-state index in [1.54, 1.807) is 12.2 Å². The average Bonchev–Trinajstić information content (AvgIpc) is 2.87. The van der Waals surface area contributed by atoms with Gasteiger partial charge < -0.3 is 19.5 Å². The molecule has 0 radical (unpaired) electrons. The molecule has 0 bridgehead atoms. The Labute approximate surface area is 163 Å². The number of ether oxygens (including phenoxy) is 1. The predicted molar refractivity (Wildman–Crippen MR) is 107 cm³/mol. The van der Waals surface area contributed by atoms with Gasteiger partial charge in [0.2, 0.25) is 0 Å². The summed E-state index contributed by atoms with van der Waals surface area (Å²) in [5.74, 6) is 0.0598. The first-order valence-corrected chi connectivity index (χ1v) is 9.56. The fourth-order valence-electron chi connectivity index (χ4n) is 4.84. The number of ketones is 1. The van der Waals surface area contributed by atoms with E-state index in [1.165, 1.54) is 16.9 Å². The number of aliphatic carboxylic acids is 1. The summed E-state index contributed by atoms with van der Waals surface area (Å²) < 4.78 is 6.21. The third-order valence-corrected chi connectivity index (χ3v) is 6.05. The second-order valence-corrected chi connectivity index (χ2v) is 8.26. The molecule has 0 amide bonds. The number of aliphatic hydroxyl groups excluding tert-OH is 1. The molecular formula is C23H22NO4+. The Balaban J connectivity index is 1.66. The highest BCUT2D eigenvalue weighted by atomic mass is 16.5. The third kappa shape index (κ3) is 2.39. The SMILES string of the molecule is CC1(C)C2=C3C=C4C=CC(=O)C=C4OC3CCN2c2ccc(CC(O)=[OH+])cc21. The lowest BCUT2D eigenvalue weighted by atomic mass is 9.78. The van der Waals surface area contributed by atoms with Crippen LogP contribution < -0.4 is 4.90 Å². The molecule has 2 N–H and O–H groups in total. The number of carboxylic acid groups (broad SMARTS) is 1. The number of carboxylic acids is 1. The lowest BCUT2D eigenvalue weighted by Gasteiger charge is -2.40. The van der Waals surface area contributed by atoms with Gasteiger partial charge in [0.05, 0.1) is 0 Å². The number of benzene rings is 1. The summed E-state index contributed by atoms with van der Waals surface area (Å²) in [4.78, 5) is 23.3. The molecule has 5 heteroatoms. The fourth-order valence-corrected chi connectivity index (χ4v) is 4.84. The zero-order chi connectivity index (χ0) is 19.6. The highest BCUT2D eigenvalue weighted by molar-refractivity contribution is 6.02. The number of rotatable bonds is 2. The Kier molecular flexibility index (Phi) is 3.48. The van der Waals surface area contributed by atoms with Gasteiger partial charge in [0, 0.05) is 47.0 Å². The van der Waals surface area contributed by atoms with Crippen LogP contribution in [0.3, 0.4) is 0 Å². The molecule has 5 nitrogen and oxygen atoms in total. The molecule has 1 atom stereocenters. The molecule has 3 heterocycles. The summed E-state index contributed by atoms with van der Waals surface area (Å²) in [5.41, 5.74) is 6.32. The van der Waals surface area contributed by atoms with E-state index in [2.05, 4.69) is 37.0 Å². The Bertz CT molecular complexity index is 1050. The van der Waals surface area contributed by atoms with Gasteiger partial charge in [0.1, 0.15) is 18.3 Å². The van der Waals surface area contributed by atoms with Gasteiger partial charge in [-0.05, 0) is 35.4 Å². The van der Waals surface area contributed by atoms with Crippen LogP contribution in [-0.2, 0) is 21.4 Å². The third-order valence-electron chi connectivity index (χ3n) is 6.05. The Morgan fingerprint density at radius 1 is 1.32 bits per heavy atom. The standard InChI is InChI=1S/C23H21NO4/c1-23(2)17-9-13(10-21(26)27)3-6-18(17)24-8-7-19-16(22(23)24)11-14-4-5-15(25)12-20(14)28-19/h3-6,9,11-12,19H,7-8,10H2,1-2H3,(H,26,27)/p+1. The van der Waals surface area contributed by atoms with Crippen molar-refractivity contribution < 1.29 is 19.4 Å². The number of hydrogen-bond acceptors (Lipinski definition) is 3. The van der Waals surface area contributed by atoms with E-state index in [-0.39, 0.29) is 23.7 Å². The topological polar surface area (TPSA) is 71.2 Å². The van der Waals surface area contributed by atoms with Gasteiger partial charge in [-0.15, -0.1) is 0 Å². The first-order valence-electron chi connectivity index (χ1n) is 9.56. The smallest absolute Gasteiger partial charge is 0.485 e. The summed E-state index contributed by atoms with van der Waals surface area (Å²) in [6.07, 6.45) is 8.06. The van der Waals surface area contributed by atoms with Crippen LogP contribution in [-0.4, -0.2) is 34.3 Å². The number of fused-ring (bicyclic) bond motifs is 5. The van der Waals surface area contributed by atoms with Crippen molar-refractivity contribution in [3.63, 3.8) is 0 Å². The second-order valence-electron chi connectivity index (χ2n) is 8.26. The van der Waals surface area contributed by atoms with Gasteiger partial charge in [-0.2, -0.15) is 0 Å². The largest absolute Gasteiger partial charge is 0.485 e. The molecule has 3 aliphatic heterocycles. The lowest BCUT2D eigenvalue weighted by Crippen LogP contribution is -2.39. The molecule has 0 spiro atoms. The van der Waals surface area contributed by atoms with Gasteiger partial charge in [-0.3, -0.25) is 4.79 Å². The number of carbonyl (C=O) groups excluding carboxylic acids is 1. The second kappa shape index (κ2) is 5.71. The Hall–Kier alpha value is -3.08. The van der Waals surface area contributed by atoms with Gasteiger partial charge >= 0.3 is 5.97 Å².